The van der Waals surface area contributed by atoms with E-state index in [2.05, 4.69) is 19.8 Å². The standard InChI is InChI=1S/C20H30N4O4/c1-27-16-12-17(28-2)22-19(21-16)23-10-3-8-20(13-23)9-11-24(18(20)26)14-4-6-15(25)7-5-14/h12,14-15,25H,3-11,13H2,1-2H3/t14?,15?,20-/m0/s1. The number of likely N-dealkylation sites (tertiary alicyclic amines) is 1. The minimum absolute atomic E-state index is 0.201. The highest BCUT2D eigenvalue weighted by Crippen LogP contribution is 2.43. The first-order valence-electron chi connectivity index (χ1n) is 10.3. The summed E-state index contributed by atoms with van der Waals surface area (Å²) in [6.07, 6.45) is 5.93. The molecule has 3 fully saturated rings. The summed E-state index contributed by atoms with van der Waals surface area (Å²) in [5, 5.41) is 9.78. The van der Waals surface area contributed by atoms with Gasteiger partial charge in [0.25, 0.3) is 0 Å². The third-order valence-corrected chi connectivity index (χ3v) is 6.60. The molecule has 3 aliphatic rings. The lowest BCUT2D eigenvalue weighted by Crippen LogP contribution is -2.50. The van der Waals surface area contributed by atoms with Crippen LogP contribution in [0.15, 0.2) is 6.07 Å². The number of rotatable bonds is 4. The largest absolute Gasteiger partial charge is 0.481 e. The number of carbonyl (C=O) groups excluding carboxylic acids is 1. The molecule has 8 heteroatoms. The third kappa shape index (κ3) is 3.50. The highest BCUT2D eigenvalue weighted by molar-refractivity contribution is 5.86. The van der Waals surface area contributed by atoms with Crippen LogP contribution >= 0.6 is 0 Å². The van der Waals surface area contributed by atoms with E-state index >= 15 is 0 Å². The normalized spacial score (nSPS) is 30.8. The fraction of sp³-hybridized carbons (Fsp3) is 0.750. The van der Waals surface area contributed by atoms with E-state index in [1.165, 1.54) is 0 Å². The van der Waals surface area contributed by atoms with Gasteiger partial charge >= 0.3 is 0 Å². The quantitative estimate of drug-likeness (QED) is 0.836. The van der Waals surface area contributed by atoms with Gasteiger partial charge in [-0.3, -0.25) is 4.79 Å². The second-order valence-corrected chi connectivity index (χ2v) is 8.27. The molecule has 1 saturated carbocycles. The molecule has 1 aromatic heterocycles. The van der Waals surface area contributed by atoms with Crippen LogP contribution in [-0.2, 0) is 4.79 Å². The lowest BCUT2D eigenvalue weighted by Gasteiger charge is -2.40. The van der Waals surface area contributed by atoms with Crippen molar-refractivity contribution < 1.29 is 19.4 Å². The van der Waals surface area contributed by atoms with Gasteiger partial charge in [-0.1, -0.05) is 0 Å². The number of piperidine rings is 1. The highest BCUT2D eigenvalue weighted by Gasteiger charge is 2.51. The average molecular weight is 390 g/mol. The molecule has 154 valence electrons. The maximum atomic E-state index is 13.4. The first-order valence-corrected chi connectivity index (χ1v) is 10.3. The fourth-order valence-corrected chi connectivity index (χ4v) is 4.99. The van der Waals surface area contributed by atoms with Crippen LogP contribution in [0.1, 0.15) is 44.9 Å². The average Bonchev–Trinajstić information content (AvgIpc) is 3.03. The number of methoxy groups -OCH3 is 2. The van der Waals surface area contributed by atoms with Crippen LogP contribution in [0.3, 0.4) is 0 Å². The van der Waals surface area contributed by atoms with Crippen molar-refractivity contribution in [1.29, 1.82) is 0 Å². The lowest BCUT2D eigenvalue weighted by atomic mass is 9.78. The Hall–Kier alpha value is -2.09. The summed E-state index contributed by atoms with van der Waals surface area (Å²) in [5.41, 5.74) is -0.353. The molecule has 3 heterocycles. The van der Waals surface area contributed by atoms with Crippen molar-refractivity contribution in [3.8, 4) is 11.8 Å². The van der Waals surface area contributed by atoms with Gasteiger partial charge in [0.05, 0.1) is 31.8 Å². The van der Waals surface area contributed by atoms with Crippen molar-refractivity contribution in [3.63, 3.8) is 0 Å². The van der Waals surface area contributed by atoms with Crippen molar-refractivity contribution in [2.24, 2.45) is 5.41 Å². The van der Waals surface area contributed by atoms with Gasteiger partial charge in [0.15, 0.2) is 0 Å². The number of hydrogen-bond donors (Lipinski definition) is 1. The van der Waals surface area contributed by atoms with Crippen LogP contribution in [0.5, 0.6) is 11.8 Å². The maximum Gasteiger partial charge on any atom is 0.232 e. The number of carbonyl (C=O) groups is 1. The number of amides is 1. The summed E-state index contributed by atoms with van der Waals surface area (Å²) in [6, 6.07) is 1.93. The number of aliphatic hydroxyl groups is 1. The fourth-order valence-electron chi connectivity index (χ4n) is 4.99. The Labute approximate surface area is 165 Å². The summed E-state index contributed by atoms with van der Waals surface area (Å²) < 4.78 is 10.6. The molecule has 4 rings (SSSR count). The number of anilines is 1. The molecule has 1 N–H and O–H groups in total. The van der Waals surface area contributed by atoms with Gasteiger partial charge in [0.1, 0.15) is 0 Å². The van der Waals surface area contributed by atoms with Crippen molar-refractivity contribution in [2.45, 2.75) is 57.1 Å². The molecule has 1 aromatic rings. The van der Waals surface area contributed by atoms with E-state index in [9.17, 15) is 9.90 Å². The molecule has 0 unspecified atom stereocenters. The van der Waals surface area contributed by atoms with Crippen LogP contribution in [0.4, 0.5) is 5.95 Å². The van der Waals surface area contributed by atoms with Crippen LogP contribution in [0, 0.1) is 5.41 Å². The summed E-state index contributed by atoms with van der Waals surface area (Å²) in [7, 11) is 3.14. The molecular weight excluding hydrogens is 360 g/mol. The minimum Gasteiger partial charge on any atom is -0.481 e. The predicted octanol–water partition coefficient (Wildman–Crippen LogP) is 1.62. The van der Waals surface area contributed by atoms with Gasteiger partial charge in [-0.05, 0) is 44.9 Å². The smallest absolute Gasteiger partial charge is 0.232 e. The first-order chi connectivity index (χ1) is 13.5. The Morgan fingerprint density at radius 2 is 1.75 bits per heavy atom. The molecule has 28 heavy (non-hydrogen) atoms. The minimum atomic E-state index is -0.353. The Kier molecular flexibility index (Phi) is 5.31. The summed E-state index contributed by atoms with van der Waals surface area (Å²) in [5.74, 6) is 1.75. The maximum absolute atomic E-state index is 13.4. The summed E-state index contributed by atoms with van der Waals surface area (Å²) in [6.45, 7) is 2.27. The van der Waals surface area contributed by atoms with Crippen molar-refractivity contribution >= 4 is 11.9 Å². The van der Waals surface area contributed by atoms with Crippen LogP contribution in [0.25, 0.3) is 0 Å². The van der Waals surface area contributed by atoms with E-state index < -0.39 is 0 Å². The van der Waals surface area contributed by atoms with Gasteiger partial charge in [-0.15, -0.1) is 0 Å². The zero-order chi connectivity index (χ0) is 19.7. The topological polar surface area (TPSA) is 88.0 Å². The molecular formula is C20H30N4O4. The summed E-state index contributed by atoms with van der Waals surface area (Å²) >= 11 is 0. The molecule has 0 radical (unpaired) electrons. The van der Waals surface area contributed by atoms with E-state index in [1.807, 2.05) is 0 Å². The second-order valence-electron chi connectivity index (χ2n) is 8.27. The highest BCUT2D eigenvalue weighted by atomic mass is 16.5. The van der Waals surface area contributed by atoms with E-state index in [0.29, 0.717) is 24.3 Å². The van der Waals surface area contributed by atoms with Crippen LogP contribution in [-0.4, -0.2) is 71.9 Å². The van der Waals surface area contributed by atoms with Gasteiger partial charge in [-0.2, -0.15) is 9.97 Å². The number of ether oxygens (including phenoxy) is 2. The zero-order valence-electron chi connectivity index (χ0n) is 16.8. The Bertz CT molecular complexity index is 700. The SMILES string of the molecule is COc1cc(OC)nc(N2CCC[C@]3(CCN(C4CCC(O)CC4)C3=O)C2)n1. The van der Waals surface area contributed by atoms with Crippen LogP contribution < -0.4 is 14.4 Å². The number of hydrogen-bond acceptors (Lipinski definition) is 7. The summed E-state index contributed by atoms with van der Waals surface area (Å²) in [4.78, 5) is 26.6. The van der Waals surface area contributed by atoms with Gasteiger partial charge < -0.3 is 24.4 Å². The Balaban J connectivity index is 1.51. The van der Waals surface area contributed by atoms with Crippen molar-refractivity contribution in [3.05, 3.63) is 6.07 Å². The molecule has 8 nitrogen and oxygen atoms in total. The molecule has 2 aliphatic heterocycles. The molecule has 0 aromatic carbocycles. The van der Waals surface area contributed by atoms with Crippen molar-refractivity contribution in [1.82, 2.24) is 14.9 Å². The number of aliphatic hydroxyl groups excluding tert-OH is 1. The molecule has 1 amide bonds. The van der Waals surface area contributed by atoms with Gasteiger partial charge in [0, 0.05) is 25.7 Å². The molecule has 1 aliphatic carbocycles. The van der Waals surface area contributed by atoms with Gasteiger partial charge in [-0.25, -0.2) is 0 Å². The molecule has 0 bridgehead atoms. The van der Waals surface area contributed by atoms with E-state index in [1.54, 1.807) is 20.3 Å². The second kappa shape index (κ2) is 7.73. The molecule has 2 saturated heterocycles. The Morgan fingerprint density at radius 1 is 1.07 bits per heavy atom. The van der Waals surface area contributed by atoms with E-state index in [4.69, 9.17) is 9.47 Å². The predicted molar refractivity (Wildman–Crippen MR) is 104 cm³/mol. The Morgan fingerprint density at radius 3 is 2.39 bits per heavy atom. The van der Waals surface area contributed by atoms with E-state index in [0.717, 1.165) is 58.0 Å². The van der Waals surface area contributed by atoms with Gasteiger partial charge in [0.2, 0.25) is 23.6 Å². The van der Waals surface area contributed by atoms with Crippen LogP contribution in [0.2, 0.25) is 0 Å². The zero-order valence-corrected chi connectivity index (χ0v) is 16.8. The molecule has 1 atom stereocenters. The van der Waals surface area contributed by atoms with Crippen molar-refractivity contribution in [2.75, 3.05) is 38.8 Å². The molecule has 1 spiro atoms. The monoisotopic (exact) mass is 390 g/mol. The first kappa shape index (κ1) is 19.2. The number of aromatic nitrogens is 2. The number of nitrogens with zero attached hydrogens (tertiary/aromatic N) is 4. The lowest BCUT2D eigenvalue weighted by molar-refractivity contribution is -0.139. The van der Waals surface area contributed by atoms with E-state index in [-0.39, 0.29) is 23.5 Å². The third-order valence-electron chi connectivity index (χ3n) is 6.60.